The first-order valence-corrected chi connectivity index (χ1v) is 5.89. The third kappa shape index (κ3) is 2.56. The molecule has 1 aromatic heterocycles. The predicted octanol–water partition coefficient (Wildman–Crippen LogP) is 1.48. The van der Waals surface area contributed by atoms with Gasteiger partial charge in [0.05, 0.1) is 17.8 Å². The molecule has 0 saturated heterocycles. The molecule has 0 atom stereocenters. The number of nitrogen functional groups attached to an aromatic ring is 1. The van der Waals surface area contributed by atoms with Crippen LogP contribution >= 0.6 is 0 Å². The van der Waals surface area contributed by atoms with E-state index in [1.807, 2.05) is 11.6 Å². The summed E-state index contributed by atoms with van der Waals surface area (Å²) < 4.78 is 15.7. The van der Waals surface area contributed by atoms with Crippen LogP contribution in [0.5, 0.6) is 0 Å². The molecule has 3 N–H and O–H groups in total. The normalized spacial score (nSPS) is 10.6. The van der Waals surface area contributed by atoms with Gasteiger partial charge in [-0.1, -0.05) is 0 Å². The molecule has 0 amide bonds. The summed E-state index contributed by atoms with van der Waals surface area (Å²) in [5.74, 6) is -1.01. The first kappa shape index (κ1) is 13.9. The van der Waals surface area contributed by atoms with Gasteiger partial charge < -0.3 is 20.3 Å². The van der Waals surface area contributed by atoms with Crippen molar-refractivity contribution < 1.29 is 14.3 Å². The van der Waals surface area contributed by atoms with Gasteiger partial charge in [0.15, 0.2) is 0 Å². The SMILES string of the molecule is CN(Cc1nccn1C)c1cc(C(=O)O)c(N)cc1F. The standard InChI is InChI=1S/C13H15FN4O2/c1-17-4-3-16-12(17)7-18(2)11-5-8(13(19)20)10(15)6-9(11)14/h3-6H,7,15H2,1-2H3,(H,19,20). The number of anilines is 2. The largest absolute Gasteiger partial charge is 0.478 e. The van der Waals surface area contributed by atoms with Gasteiger partial charge in [0.1, 0.15) is 11.6 Å². The second-order valence-corrected chi connectivity index (χ2v) is 4.51. The number of imidazole rings is 1. The molecule has 20 heavy (non-hydrogen) atoms. The lowest BCUT2D eigenvalue weighted by atomic mass is 10.1. The maximum Gasteiger partial charge on any atom is 0.337 e. The Labute approximate surface area is 115 Å². The zero-order valence-electron chi connectivity index (χ0n) is 11.2. The van der Waals surface area contributed by atoms with Crippen LogP contribution in [0.4, 0.5) is 15.8 Å². The van der Waals surface area contributed by atoms with E-state index < -0.39 is 11.8 Å². The van der Waals surface area contributed by atoms with Crippen molar-refractivity contribution in [3.8, 4) is 0 Å². The molecular formula is C13H15FN4O2. The van der Waals surface area contributed by atoms with Crippen molar-refractivity contribution in [1.82, 2.24) is 9.55 Å². The number of rotatable bonds is 4. The fourth-order valence-corrected chi connectivity index (χ4v) is 1.90. The summed E-state index contributed by atoms with van der Waals surface area (Å²) in [4.78, 5) is 16.8. The van der Waals surface area contributed by atoms with Crippen molar-refractivity contribution in [1.29, 1.82) is 0 Å². The summed E-state index contributed by atoms with van der Waals surface area (Å²) in [7, 11) is 3.49. The summed E-state index contributed by atoms with van der Waals surface area (Å²) in [6.07, 6.45) is 3.43. The molecule has 0 unspecified atom stereocenters. The summed E-state index contributed by atoms with van der Waals surface area (Å²) in [5.41, 5.74) is 5.45. The monoisotopic (exact) mass is 278 g/mol. The Morgan fingerprint density at radius 3 is 2.80 bits per heavy atom. The Hall–Kier alpha value is -2.57. The first-order valence-electron chi connectivity index (χ1n) is 5.89. The molecule has 1 heterocycles. The van der Waals surface area contributed by atoms with Gasteiger partial charge in [0.25, 0.3) is 0 Å². The lowest BCUT2D eigenvalue weighted by Gasteiger charge is -2.20. The minimum atomic E-state index is -1.19. The van der Waals surface area contributed by atoms with Crippen LogP contribution in [0.3, 0.4) is 0 Å². The van der Waals surface area contributed by atoms with Crippen molar-refractivity contribution >= 4 is 17.3 Å². The third-order valence-corrected chi connectivity index (χ3v) is 3.06. The number of carbonyl (C=O) groups is 1. The van der Waals surface area contributed by atoms with Gasteiger partial charge in [-0.2, -0.15) is 0 Å². The average Bonchev–Trinajstić information content (AvgIpc) is 2.74. The lowest BCUT2D eigenvalue weighted by molar-refractivity contribution is 0.0698. The number of hydrogen-bond donors (Lipinski definition) is 2. The van der Waals surface area contributed by atoms with E-state index in [9.17, 15) is 9.18 Å². The molecule has 0 aliphatic carbocycles. The van der Waals surface area contributed by atoms with Crippen molar-refractivity contribution in [2.75, 3.05) is 17.7 Å². The second-order valence-electron chi connectivity index (χ2n) is 4.51. The van der Waals surface area contributed by atoms with Crippen LogP contribution in [-0.4, -0.2) is 27.7 Å². The molecule has 0 saturated carbocycles. The summed E-state index contributed by atoms with van der Waals surface area (Å²) in [6, 6.07) is 2.25. The Morgan fingerprint density at radius 1 is 1.55 bits per heavy atom. The molecule has 106 valence electrons. The average molecular weight is 278 g/mol. The molecular weight excluding hydrogens is 263 g/mol. The van der Waals surface area contributed by atoms with E-state index in [-0.39, 0.29) is 16.9 Å². The Balaban J connectivity index is 2.34. The van der Waals surface area contributed by atoms with Crippen LogP contribution in [0, 0.1) is 5.82 Å². The molecule has 0 fully saturated rings. The van der Waals surface area contributed by atoms with Crippen LogP contribution < -0.4 is 10.6 Å². The van der Waals surface area contributed by atoms with E-state index in [4.69, 9.17) is 10.8 Å². The maximum atomic E-state index is 13.9. The maximum absolute atomic E-state index is 13.9. The highest BCUT2D eigenvalue weighted by Crippen LogP contribution is 2.25. The molecule has 0 spiro atoms. The van der Waals surface area contributed by atoms with E-state index in [0.29, 0.717) is 6.54 Å². The van der Waals surface area contributed by atoms with Gasteiger partial charge in [-0.05, 0) is 12.1 Å². The van der Waals surface area contributed by atoms with Crippen LogP contribution in [0.2, 0.25) is 0 Å². The van der Waals surface area contributed by atoms with E-state index in [0.717, 1.165) is 11.9 Å². The van der Waals surface area contributed by atoms with Gasteiger partial charge in [-0.15, -0.1) is 0 Å². The summed E-state index contributed by atoms with van der Waals surface area (Å²) >= 11 is 0. The van der Waals surface area contributed by atoms with E-state index in [1.165, 1.54) is 6.07 Å². The molecule has 0 aliphatic rings. The van der Waals surface area contributed by atoms with E-state index in [2.05, 4.69) is 4.98 Å². The van der Waals surface area contributed by atoms with Gasteiger partial charge in [-0.25, -0.2) is 14.2 Å². The van der Waals surface area contributed by atoms with Gasteiger partial charge in [0.2, 0.25) is 0 Å². The Kier molecular flexibility index (Phi) is 3.60. The molecule has 2 rings (SSSR count). The van der Waals surface area contributed by atoms with Crippen LogP contribution in [0.25, 0.3) is 0 Å². The molecule has 6 nitrogen and oxygen atoms in total. The number of aromatic carboxylic acids is 1. The quantitative estimate of drug-likeness (QED) is 0.827. The number of carboxylic acids is 1. The van der Waals surface area contributed by atoms with Crippen LogP contribution in [-0.2, 0) is 13.6 Å². The lowest BCUT2D eigenvalue weighted by Crippen LogP contribution is -2.21. The van der Waals surface area contributed by atoms with Crippen LogP contribution in [0.15, 0.2) is 24.5 Å². The highest BCUT2D eigenvalue weighted by atomic mass is 19.1. The summed E-state index contributed by atoms with van der Waals surface area (Å²) in [5, 5.41) is 9.03. The molecule has 2 aromatic rings. The highest BCUT2D eigenvalue weighted by Gasteiger charge is 2.16. The van der Waals surface area contributed by atoms with Crippen LogP contribution in [0.1, 0.15) is 16.2 Å². The molecule has 7 heteroatoms. The van der Waals surface area contributed by atoms with E-state index >= 15 is 0 Å². The van der Waals surface area contributed by atoms with E-state index in [1.54, 1.807) is 24.3 Å². The van der Waals surface area contributed by atoms with Crippen molar-refractivity contribution in [3.05, 3.63) is 41.7 Å². The smallest absolute Gasteiger partial charge is 0.337 e. The fourth-order valence-electron chi connectivity index (χ4n) is 1.90. The number of benzene rings is 1. The minimum absolute atomic E-state index is 0.0934. The number of hydrogen-bond acceptors (Lipinski definition) is 4. The first-order chi connectivity index (χ1) is 9.40. The minimum Gasteiger partial charge on any atom is -0.478 e. The fraction of sp³-hybridized carbons (Fsp3) is 0.231. The van der Waals surface area contributed by atoms with Gasteiger partial charge in [0, 0.05) is 32.2 Å². The molecule has 0 aliphatic heterocycles. The summed E-state index contributed by atoms with van der Waals surface area (Å²) in [6.45, 7) is 0.351. The third-order valence-electron chi connectivity index (χ3n) is 3.06. The van der Waals surface area contributed by atoms with Gasteiger partial charge in [-0.3, -0.25) is 0 Å². The number of nitrogens with zero attached hydrogens (tertiary/aromatic N) is 3. The van der Waals surface area contributed by atoms with Crippen molar-refractivity contribution in [2.24, 2.45) is 7.05 Å². The zero-order valence-corrected chi connectivity index (χ0v) is 11.2. The zero-order chi connectivity index (χ0) is 14.9. The second kappa shape index (κ2) is 5.20. The number of aryl methyl sites for hydroxylation is 1. The number of nitrogens with two attached hydrogens (primary N) is 1. The number of carboxylic acid groups (broad SMARTS) is 1. The number of halogens is 1. The highest BCUT2D eigenvalue weighted by molar-refractivity contribution is 5.95. The molecule has 0 bridgehead atoms. The topological polar surface area (TPSA) is 84.4 Å². The van der Waals surface area contributed by atoms with Crippen molar-refractivity contribution in [3.63, 3.8) is 0 Å². The van der Waals surface area contributed by atoms with Gasteiger partial charge >= 0.3 is 5.97 Å². The predicted molar refractivity (Wildman–Crippen MR) is 73.1 cm³/mol. The van der Waals surface area contributed by atoms with Crippen molar-refractivity contribution in [2.45, 2.75) is 6.54 Å². The molecule has 0 radical (unpaired) electrons. The number of aromatic nitrogens is 2. The Morgan fingerprint density at radius 2 is 2.25 bits per heavy atom. The Bertz CT molecular complexity index is 654. The molecule has 1 aromatic carbocycles.